The third kappa shape index (κ3) is 3.48. The maximum Gasteiger partial charge on any atom is 0.0934 e. The lowest BCUT2D eigenvalue weighted by Crippen LogP contribution is -1.99. The summed E-state index contributed by atoms with van der Waals surface area (Å²) in [5, 5.41) is 5.67. The first-order valence-electron chi connectivity index (χ1n) is 9.43. The zero-order valence-corrected chi connectivity index (χ0v) is 17.4. The van der Waals surface area contributed by atoms with Crippen LogP contribution in [0.25, 0.3) is 28.2 Å². The molecule has 0 unspecified atom stereocenters. The third-order valence-electron chi connectivity index (χ3n) is 5.39. The number of nitrogens with zero attached hydrogens (tertiary/aromatic N) is 2. The molecule has 4 aromatic rings. The lowest BCUT2D eigenvalue weighted by molar-refractivity contribution is 0.891. The zero-order chi connectivity index (χ0) is 19.8. The number of aromatic nitrogens is 2. The van der Waals surface area contributed by atoms with Gasteiger partial charge in [0.15, 0.2) is 0 Å². The van der Waals surface area contributed by atoms with Gasteiger partial charge in [-0.1, -0.05) is 35.9 Å². The van der Waals surface area contributed by atoms with Crippen molar-refractivity contribution in [3.05, 3.63) is 94.0 Å². The van der Waals surface area contributed by atoms with Gasteiger partial charge in [-0.3, -0.25) is 0 Å². The van der Waals surface area contributed by atoms with Crippen LogP contribution in [0.2, 0.25) is 5.02 Å². The highest BCUT2D eigenvalue weighted by Crippen LogP contribution is 2.31. The van der Waals surface area contributed by atoms with Crippen molar-refractivity contribution in [2.45, 2.75) is 27.7 Å². The second kappa shape index (κ2) is 7.29. The fourth-order valence-corrected chi connectivity index (χ4v) is 3.43. The first-order chi connectivity index (χ1) is 13.4. The molecule has 1 heterocycles. The van der Waals surface area contributed by atoms with Crippen molar-refractivity contribution < 1.29 is 0 Å². The first kappa shape index (κ1) is 18.5. The van der Waals surface area contributed by atoms with Crippen molar-refractivity contribution in [3.8, 4) is 28.2 Å². The Labute approximate surface area is 171 Å². The Morgan fingerprint density at radius 3 is 1.82 bits per heavy atom. The Hall–Kier alpha value is -2.84. The summed E-state index contributed by atoms with van der Waals surface area (Å²) < 4.78 is 2.00. The minimum Gasteiger partial charge on any atom is -0.232 e. The summed E-state index contributed by atoms with van der Waals surface area (Å²) in [5.41, 5.74) is 10.4. The molecule has 3 heteroatoms. The van der Waals surface area contributed by atoms with Gasteiger partial charge in [-0.05, 0) is 92.4 Å². The largest absolute Gasteiger partial charge is 0.232 e. The highest BCUT2D eigenvalue weighted by Gasteiger charge is 2.14. The Morgan fingerprint density at radius 2 is 1.21 bits per heavy atom. The van der Waals surface area contributed by atoms with Crippen molar-refractivity contribution in [1.29, 1.82) is 0 Å². The van der Waals surface area contributed by atoms with E-state index in [2.05, 4.69) is 70.2 Å². The van der Waals surface area contributed by atoms with Crippen LogP contribution in [-0.2, 0) is 0 Å². The number of hydrogen-bond donors (Lipinski definition) is 0. The molecule has 0 N–H and O–H groups in total. The molecular weight excluding hydrogens is 364 g/mol. The SMILES string of the molecule is Cc1ccc(-c2cc(-c3ccc(C)c(C)c3)n(-c3ccc(Cl)cc3)n2)cc1C. The van der Waals surface area contributed by atoms with E-state index in [1.807, 2.05) is 28.9 Å². The van der Waals surface area contributed by atoms with E-state index in [1.165, 1.54) is 22.3 Å². The Kier molecular flexibility index (Phi) is 4.82. The van der Waals surface area contributed by atoms with Crippen LogP contribution in [0, 0.1) is 27.7 Å². The molecule has 0 saturated carbocycles. The Bertz CT molecular complexity index is 1150. The molecule has 0 atom stereocenters. The number of rotatable bonds is 3. The average molecular weight is 387 g/mol. The van der Waals surface area contributed by atoms with Gasteiger partial charge in [0.05, 0.1) is 17.1 Å². The summed E-state index contributed by atoms with van der Waals surface area (Å²) in [5.74, 6) is 0. The Balaban J connectivity index is 1.91. The molecule has 0 aliphatic heterocycles. The van der Waals surface area contributed by atoms with Crippen LogP contribution in [0.15, 0.2) is 66.7 Å². The second-order valence-corrected chi connectivity index (χ2v) is 7.84. The van der Waals surface area contributed by atoms with Crippen molar-refractivity contribution in [3.63, 3.8) is 0 Å². The molecule has 0 aliphatic rings. The number of aryl methyl sites for hydroxylation is 4. The summed E-state index contributed by atoms with van der Waals surface area (Å²) in [7, 11) is 0. The fourth-order valence-electron chi connectivity index (χ4n) is 3.31. The van der Waals surface area contributed by atoms with Crippen LogP contribution >= 0.6 is 11.6 Å². The van der Waals surface area contributed by atoms with E-state index in [4.69, 9.17) is 16.7 Å². The number of hydrogen-bond acceptors (Lipinski definition) is 1. The molecule has 0 fully saturated rings. The highest BCUT2D eigenvalue weighted by molar-refractivity contribution is 6.30. The molecule has 0 bridgehead atoms. The lowest BCUT2D eigenvalue weighted by atomic mass is 10.0. The minimum atomic E-state index is 0.720. The molecule has 2 nitrogen and oxygen atoms in total. The van der Waals surface area contributed by atoms with E-state index in [-0.39, 0.29) is 0 Å². The normalized spacial score (nSPS) is 11.0. The predicted molar refractivity (Wildman–Crippen MR) is 118 cm³/mol. The smallest absolute Gasteiger partial charge is 0.0934 e. The number of benzene rings is 3. The lowest BCUT2D eigenvalue weighted by Gasteiger charge is -2.09. The standard InChI is InChI=1S/C25H23ClN2/c1-16-5-7-20(13-18(16)3)24-15-25(21-8-6-17(2)19(4)14-21)28(27-24)23-11-9-22(26)10-12-23/h5-15H,1-4H3. The van der Waals surface area contributed by atoms with Gasteiger partial charge in [-0.2, -0.15) is 5.10 Å². The molecule has 0 aliphatic carbocycles. The van der Waals surface area contributed by atoms with Crippen molar-refractivity contribution in [2.75, 3.05) is 0 Å². The van der Waals surface area contributed by atoms with E-state index in [9.17, 15) is 0 Å². The van der Waals surface area contributed by atoms with Crippen molar-refractivity contribution in [2.24, 2.45) is 0 Å². The van der Waals surface area contributed by atoms with Gasteiger partial charge in [0, 0.05) is 16.1 Å². The Morgan fingerprint density at radius 1 is 0.643 bits per heavy atom. The molecule has 0 saturated heterocycles. The van der Waals surface area contributed by atoms with Crippen LogP contribution in [-0.4, -0.2) is 9.78 Å². The van der Waals surface area contributed by atoms with Crippen LogP contribution in [0.3, 0.4) is 0 Å². The topological polar surface area (TPSA) is 17.8 Å². The van der Waals surface area contributed by atoms with Crippen molar-refractivity contribution in [1.82, 2.24) is 9.78 Å². The summed E-state index contributed by atoms with van der Waals surface area (Å²) in [6, 6.07) is 23.0. The van der Waals surface area contributed by atoms with E-state index in [1.54, 1.807) is 0 Å². The van der Waals surface area contributed by atoms with Gasteiger partial charge in [-0.15, -0.1) is 0 Å². The van der Waals surface area contributed by atoms with Gasteiger partial charge in [-0.25, -0.2) is 4.68 Å². The summed E-state index contributed by atoms with van der Waals surface area (Å²) in [4.78, 5) is 0. The minimum absolute atomic E-state index is 0.720. The van der Waals surface area contributed by atoms with E-state index in [0.29, 0.717) is 0 Å². The van der Waals surface area contributed by atoms with Crippen LogP contribution in [0.1, 0.15) is 22.3 Å². The quantitative estimate of drug-likeness (QED) is 0.367. The third-order valence-corrected chi connectivity index (χ3v) is 5.64. The van der Waals surface area contributed by atoms with E-state index >= 15 is 0 Å². The molecule has 0 spiro atoms. The second-order valence-electron chi connectivity index (χ2n) is 7.40. The van der Waals surface area contributed by atoms with E-state index in [0.717, 1.165) is 33.2 Å². The van der Waals surface area contributed by atoms with Gasteiger partial charge >= 0.3 is 0 Å². The first-order valence-corrected chi connectivity index (χ1v) is 9.81. The molecule has 140 valence electrons. The zero-order valence-electron chi connectivity index (χ0n) is 16.6. The molecule has 1 aromatic heterocycles. The van der Waals surface area contributed by atoms with Crippen molar-refractivity contribution >= 4 is 11.6 Å². The van der Waals surface area contributed by atoms with Crippen LogP contribution in [0.5, 0.6) is 0 Å². The summed E-state index contributed by atoms with van der Waals surface area (Å²) >= 11 is 6.10. The number of halogens is 1. The maximum absolute atomic E-state index is 6.10. The van der Waals surface area contributed by atoms with Gasteiger partial charge in [0.1, 0.15) is 0 Å². The molecule has 0 amide bonds. The highest BCUT2D eigenvalue weighted by atomic mass is 35.5. The molecule has 28 heavy (non-hydrogen) atoms. The molecule has 0 radical (unpaired) electrons. The molecule has 4 rings (SSSR count). The predicted octanol–water partition coefficient (Wildman–Crippen LogP) is 7.09. The molecular formula is C25H23ClN2. The summed E-state index contributed by atoms with van der Waals surface area (Å²) in [6.45, 7) is 8.55. The average Bonchev–Trinajstić information content (AvgIpc) is 3.12. The van der Waals surface area contributed by atoms with E-state index < -0.39 is 0 Å². The fraction of sp³-hybridized carbons (Fsp3) is 0.160. The monoisotopic (exact) mass is 386 g/mol. The van der Waals surface area contributed by atoms with Crippen LogP contribution in [0.4, 0.5) is 0 Å². The van der Waals surface area contributed by atoms with Gasteiger partial charge in [0.2, 0.25) is 0 Å². The molecule has 3 aromatic carbocycles. The maximum atomic E-state index is 6.10. The van der Waals surface area contributed by atoms with Gasteiger partial charge in [0.25, 0.3) is 0 Å². The summed E-state index contributed by atoms with van der Waals surface area (Å²) in [6.07, 6.45) is 0. The van der Waals surface area contributed by atoms with Crippen LogP contribution < -0.4 is 0 Å². The van der Waals surface area contributed by atoms with Gasteiger partial charge < -0.3 is 0 Å².